The number of rotatable bonds is 5. The van der Waals surface area contributed by atoms with Gasteiger partial charge in [-0.1, -0.05) is 0 Å². The quantitative estimate of drug-likeness (QED) is 0.677. The zero-order valence-corrected chi connectivity index (χ0v) is 16.6. The van der Waals surface area contributed by atoms with Crippen LogP contribution in [0.15, 0.2) is 34.0 Å². The molecule has 29 heavy (non-hydrogen) atoms. The number of amides is 1. The highest BCUT2D eigenvalue weighted by molar-refractivity contribution is 6.05. The van der Waals surface area contributed by atoms with Gasteiger partial charge in [-0.2, -0.15) is 0 Å². The summed E-state index contributed by atoms with van der Waals surface area (Å²) in [6.07, 6.45) is 1.37. The summed E-state index contributed by atoms with van der Waals surface area (Å²) >= 11 is 0. The molecule has 0 saturated heterocycles. The van der Waals surface area contributed by atoms with Gasteiger partial charge in [0.15, 0.2) is 11.5 Å². The third kappa shape index (κ3) is 3.40. The van der Waals surface area contributed by atoms with Crippen LogP contribution in [0.3, 0.4) is 0 Å². The van der Waals surface area contributed by atoms with Gasteiger partial charge in [0.05, 0.1) is 38.6 Å². The van der Waals surface area contributed by atoms with Gasteiger partial charge in [-0.05, 0) is 18.2 Å². The molecule has 0 bridgehead atoms. The van der Waals surface area contributed by atoms with Crippen molar-refractivity contribution in [2.45, 2.75) is 0 Å². The lowest BCUT2D eigenvalue weighted by Gasteiger charge is -2.14. The largest absolute Gasteiger partial charge is 0.493 e. The Balaban J connectivity index is 2.02. The summed E-state index contributed by atoms with van der Waals surface area (Å²) in [5.74, 6) is 0.561. The van der Waals surface area contributed by atoms with E-state index in [0.717, 1.165) is 4.57 Å². The smallest absolute Gasteiger partial charge is 0.332 e. The molecule has 1 aromatic carbocycles. The summed E-state index contributed by atoms with van der Waals surface area (Å²) in [6.45, 7) is 0. The van der Waals surface area contributed by atoms with Crippen LogP contribution < -0.4 is 30.8 Å². The Morgan fingerprint density at radius 2 is 1.59 bits per heavy atom. The highest BCUT2D eigenvalue weighted by Crippen LogP contribution is 2.38. The van der Waals surface area contributed by atoms with E-state index in [0.29, 0.717) is 22.9 Å². The summed E-state index contributed by atoms with van der Waals surface area (Å²) in [6, 6.07) is 4.49. The first-order chi connectivity index (χ1) is 13.8. The predicted molar refractivity (Wildman–Crippen MR) is 106 cm³/mol. The first kappa shape index (κ1) is 19.9. The molecule has 0 radical (unpaired) electrons. The number of nitrogens with zero attached hydrogens (tertiary/aromatic N) is 3. The monoisotopic (exact) mass is 400 g/mol. The van der Waals surface area contributed by atoms with Crippen LogP contribution in [0.25, 0.3) is 11.0 Å². The van der Waals surface area contributed by atoms with Crippen molar-refractivity contribution in [3.05, 3.63) is 50.8 Å². The molecule has 152 valence electrons. The van der Waals surface area contributed by atoms with E-state index in [1.54, 1.807) is 0 Å². The third-order valence-electron chi connectivity index (χ3n) is 4.48. The number of benzene rings is 1. The standard InChI is InChI=1S/C19H20N4O6/c1-22-16-12(18(25)23(2)19(22)26)8-11(9-20-16)21-17(24)10-6-13(27-3)15(29-5)14(7-10)28-4/h6-9H,1-5H3,(H,21,24). The van der Waals surface area contributed by atoms with Crippen LogP contribution in [0, 0.1) is 0 Å². The van der Waals surface area contributed by atoms with Crippen LogP contribution in [-0.4, -0.2) is 41.4 Å². The Morgan fingerprint density at radius 1 is 0.966 bits per heavy atom. The van der Waals surface area contributed by atoms with Crippen molar-refractivity contribution < 1.29 is 19.0 Å². The Morgan fingerprint density at radius 3 is 2.14 bits per heavy atom. The maximum absolute atomic E-state index is 12.7. The zero-order chi connectivity index (χ0) is 21.3. The Bertz CT molecular complexity index is 1200. The predicted octanol–water partition coefficient (Wildman–Crippen LogP) is 0.910. The van der Waals surface area contributed by atoms with Crippen LogP contribution in [0.2, 0.25) is 0 Å². The molecule has 0 unspecified atom stereocenters. The number of nitrogens with one attached hydrogen (secondary N) is 1. The fourth-order valence-corrected chi connectivity index (χ4v) is 2.95. The molecule has 0 atom stereocenters. The molecule has 0 aliphatic carbocycles. The molecule has 0 spiro atoms. The van der Waals surface area contributed by atoms with Crippen molar-refractivity contribution in [2.24, 2.45) is 14.1 Å². The van der Waals surface area contributed by atoms with Gasteiger partial charge in [-0.25, -0.2) is 9.78 Å². The average Bonchev–Trinajstić information content (AvgIpc) is 2.74. The van der Waals surface area contributed by atoms with E-state index in [9.17, 15) is 14.4 Å². The molecule has 0 aliphatic heterocycles. The number of aromatic nitrogens is 3. The third-order valence-corrected chi connectivity index (χ3v) is 4.48. The van der Waals surface area contributed by atoms with Crippen molar-refractivity contribution in [3.8, 4) is 17.2 Å². The van der Waals surface area contributed by atoms with E-state index in [1.165, 1.54) is 64.4 Å². The van der Waals surface area contributed by atoms with Gasteiger partial charge in [0.1, 0.15) is 5.65 Å². The summed E-state index contributed by atoms with van der Waals surface area (Å²) in [5, 5.41) is 2.89. The molecule has 1 amide bonds. The van der Waals surface area contributed by atoms with Gasteiger partial charge < -0.3 is 19.5 Å². The molecule has 10 nitrogen and oxygen atoms in total. The molecule has 0 fully saturated rings. The number of hydrogen-bond donors (Lipinski definition) is 1. The molecular weight excluding hydrogens is 380 g/mol. The second-order valence-electron chi connectivity index (χ2n) is 6.17. The van der Waals surface area contributed by atoms with Gasteiger partial charge in [0, 0.05) is 19.7 Å². The zero-order valence-electron chi connectivity index (χ0n) is 16.6. The number of anilines is 1. The minimum absolute atomic E-state index is 0.206. The van der Waals surface area contributed by atoms with Crippen LogP contribution in [0.4, 0.5) is 5.69 Å². The first-order valence-corrected chi connectivity index (χ1v) is 8.49. The lowest BCUT2D eigenvalue weighted by molar-refractivity contribution is 0.102. The second kappa shape index (κ2) is 7.66. The van der Waals surface area contributed by atoms with E-state index >= 15 is 0 Å². The molecule has 2 heterocycles. The molecule has 1 N–H and O–H groups in total. The molecule has 0 saturated carbocycles. The number of hydrogen-bond acceptors (Lipinski definition) is 7. The van der Waals surface area contributed by atoms with Gasteiger partial charge in [-0.15, -0.1) is 0 Å². The highest BCUT2D eigenvalue weighted by Gasteiger charge is 2.18. The Hall–Kier alpha value is -3.82. The second-order valence-corrected chi connectivity index (χ2v) is 6.17. The Labute approximate surface area is 165 Å². The SMILES string of the molecule is COc1cc(C(=O)Nc2cnc3c(c2)c(=O)n(C)c(=O)n3C)cc(OC)c1OC. The van der Waals surface area contributed by atoms with Crippen molar-refractivity contribution in [1.29, 1.82) is 0 Å². The van der Waals surface area contributed by atoms with E-state index in [1.807, 2.05) is 0 Å². The Kier molecular flexibility index (Phi) is 5.26. The lowest BCUT2D eigenvalue weighted by Crippen LogP contribution is -2.37. The van der Waals surface area contributed by atoms with Gasteiger partial charge in [-0.3, -0.25) is 18.7 Å². The van der Waals surface area contributed by atoms with E-state index in [-0.39, 0.29) is 16.6 Å². The maximum Gasteiger partial charge on any atom is 0.332 e. The van der Waals surface area contributed by atoms with Crippen LogP contribution in [-0.2, 0) is 14.1 Å². The maximum atomic E-state index is 12.7. The molecule has 2 aromatic heterocycles. The van der Waals surface area contributed by atoms with Crippen molar-refractivity contribution in [3.63, 3.8) is 0 Å². The number of ether oxygens (including phenoxy) is 3. The number of aryl methyl sites for hydroxylation is 1. The highest BCUT2D eigenvalue weighted by atomic mass is 16.5. The minimum atomic E-state index is -0.500. The average molecular weight is 400 g/mol. The number of pyridine rings is 1. The molecule has 0 aliphatic rings. The summed E-state index contributed by atoms with van der Waals surface area (Å²) < 4.78 is 18.0. The molecule has 3 rings (SSSR count). The van der Waals surface area contributed by atoms with Crippen molar-refractivity contribution in [2.75, 3.05) is 26.6 Å². The van der Waals surface area contributed by atoms with Gasteiger partial charge >= 0.3 is 5.69 Å². The normalized spacial score (nSPS) is 10.7. The lowest BCUT2D eigenvalue weighted by atomic mass is 10.1. The van der Waals surface area contributed by atoms with Crippen molar-refractivity contribution >= 4 is 22.6 Å². The van der Waals surface area contributed by atoms with Gasteiger partial charge in [0.25, 0.3) is 11.5 Å². The first-order valence-electron chi connectivity index (χ1n) is 8.49. The molecular formula is C19H20N4O6. The fourth-order valence-electron chi connectivity index (χ4n) is 2.95. The van der Waals surface area contributed by atoms with E-state index in [2.05, 4.69) is 10.3 Å². The molecule has 10 heteroatoms. The number of fused-ring (bicyclic) bond motifs is 1. The molecule has 3 aromatic rings. The van der Waals surface area contributed by atoms with E-state index < -0.39 is 17.2 Å². The minimum Gasteiger partial charge on any atom is -0.493 e. The number of methoxy groups -OCH3 is 3. The summed E-state index contributed by atoms with van der Waals surface area (Å²) in [5.41, 5.74) is -0.201. The number of carbonyl (C=O) groups is 1. The van der Waals surface area contributed by atoms with Crippen LogP contribution in [0.5, 0.6) is 17.2 Å². The fraction of sp³-hybridized carbons (Fsp3) is 0.263. The topological polar surface area (TPSA) is 114 Å². The summed E-state index contributed by atoms with van der Waals surface area (Å²) in [4.78, 5) is 41.3. The van der Waals surface area contributed by atoms with Crippen LogP contribution in [0.1, 0.15) is 10.4 Å². The van der Waals surface area contributed by atoms with Crippen molar-refractivity contribution in [1.82, 2.24) is 14.1 Å². The van der Waals surface area contributed by atoms with Crippen LogP contribution >= 0.6 is 0 Å². The summed E-state index contributed by atoms with van der Waals surface area (Å²) in [7, 11) is 7.27. The van der Waals surface area contributed by atoms with Gasteiger partial charge in [0.2, 0.25) is 5.75 Å². The number of carbonyl (C=O) groups excluding carboxylic acids is 1. The van der Waals surface area contributed by atoms with E-state index in [4.69, 9.17) is 14.2 Å².